The summed E-state index contributed by atoms with van der Waals surface area (Å²) in [4.78, 5) is 79.7. The maximum atomic E-state index is 13.9. The minimum atomic E-state index is -2.80. The predicted molar refractivity (Wildman–Crippen MR) is 132 cm³/mol. The van der Waals surface area contributed by atoms with Crippen LogP contribution in [0.2, 0.25) is 0 Å². The molecule has 6 atom stereocenters. The SMILES string of the molecule is CCOC(=O)c1cn(-c2ccc(O)c3c2C[C@@H]2C[C@@H]4[C@H](N(C)C)C(=O)C(C(N)=O)C(=O)[C@]4(O)C(=O)C2C3=O)nn1. The van der Waals surface area contributed by atoms with Crippen molar-refractivity contribution >= 4 is 35.0 Å². The number of carbonyl (C=O) groups excluding carboxylic acids is 6. The molecule has 0 radical (unpaired) electrons. The molecular weight excluding hydrogens is 526 g/mol. The van der Waals surface area contributed by atoms with E-state index in [9.17, 15) is 39.0 Å². The van der Waals surface area contributed by atoms with E-state index in [1.807, 2.05) is 0 Å². The molecule has 0 spiro atoms. The summed E-state index contributed by atoms with van der Waals surface area (Å²) in [6.45, 7) is 1.76. The Labute approximate surface area is 227 Å². The van der Waals surface area contributed by atoms with Crippen molar-refractivity contribution in [2.75, 3.05) is 20.7 Å². The second-order valence-corrected chi connectivity index (χ2v) is 10.5. The average Bonchev–Trinajstić information content (AvgIpc) is 3.36. The Morgan fingerprint density at radius 3 is 2.52 bits per heavy atom. The van der Waals surface area contributed by atoms with E-state index >= 15 is 0 Å². The van der Waals surface area contributed by atoms with Crippen LogP contribution in [0.15, 0.2) is 18.3 Å². The lowest BCUT2D eigenvalue weighted by Gasteiger charge is -2.52. The number of nitrogens with two attached hydrogens (primary N) is 1. The van der Waals surface area contributed by atoms with Gasteiger partial charge in [-0.3, -0.25) is 28.9 Å². The van der Waals surface area contributed by atoms with Crippen molar-refractivity contribution in [2.24, 2.45) is 29.4 Å². The molecule has 0 bridgehead atoms. The number of hydrogen-bond donors (Lipinski definition) is 3. The number of rotatable bonds is 5. The third-order valence-electron chi connectivity index (χ3n) is 8.14. The first-order valence-electron chi connectivity index (χ1n) is 12.6. The highest BCUT2D eigenvalue weighted by atomic mass is 16.5. The van der Waals surface area contributed by atoms with Gasteiger partial charge >= 0.3 is 5.97 Å². The van der Waals surface area contributed by atoms with Crippen molar-refractivity contribution in [3.8, 4) is 11.4 Å². The summed E-state index contributed by atoms with van der Waals surface area (Å²) in [6, 6.07) is 1.49. The lowest BCUT2D eigenvalue weighted by atomic mass is 9.52. The van der Waals surface area contributed by atoms with Gasteiger partial charge < -0.3 is 20.7 Å². The van der Waals surface area contributed by atoms with Gasteiger partial charge in [-0.1, -0.05) is 5.21 Å². The summed E-state index contributed by atoms with van der Waals surface area (Å²) in [5.74, 6) is -12.1. The first-order chi connectivity index (χ1) is 18.8. The number of hydrogen-bond acceptors (Lipinski definition) is 12. The lowest BCUT2D eigenvalue weighted by molar-refractivity contribution is -0.181. The Bertz CT molecular complexity index is 1500. The van der Waals surface area contributed by atoms with E-state index in [0.717, 1.165) is 0 Å². The number of aromatic hydroxyl groups is 1. The van der Waals surface area contributed by atoms with Crippen LogP contribution in [0.3, 0.4) is 0 Å². The Kier molecular flexibility index (Phi) is 6.42. The number of nitrogens with zero attached hydrogens (tertiary/aromatic N) is 4. The number of fused-ring (bicyclic) bond motifs is 3. The van der Waals surface area contributed by atoms with Crippen LogP contribution in [-0.4, -0.2) is 97.5 Å². The summed E-state index contributed by atoms with van der Waals surface area (Å²) in [7, 11) is 3.02. The zero-order valence-corrected chi connectivity index (χ0v) is 21.9. The highest BCUT2D eigenvalue weighted by Crippen LogP contribution is 2.51. The van der Waals surface area contributed by atoms with E-state index in [-0.39, 0.29) is 30.7 Å². The van der Waals surface area contributed by atoms with Crippen LogP contribution in [-0.2, 0) is 30.3 Å². The smallest absolute Gasteiger partial charge is 0.360 e. The predicted octanol–water partition coefficient (Wildman–Crippen LogP) is -1.38. The molecule has 2 aromatic rings. The van der Waals surface area contributed by atoms with E-state index in [2.05, 4.69) is 10.3 Å². The second-order valence-electron chi connectivity index (χ2n) is 10.5. The normalized spacial score (nSPS) is 29.6. The maximum absolute atomic E-state index is 13.9. The molecular formula is C26H27N5O9. The Morgan fingerprint density at radius 2 is 1.90 bits per heavy atom. The maximum Gasteiger partial charge on any atom is 0.360 e. The van der Waals surface area contributed by atoms with Gasteiger partial charge in [0, 0.05) is 5.92 Å². The summed E-state index contributed by atoms with van der Waals surface area (Å²) in [5.41, 5.74) is 2.87. The number of phenols is 1. The molecule has 14 nitrogen and oxygen atoms in total. The van der Waals surface area contributed by atoms with Crippen molar-refractivity contribution in [2.45, 2.75) is 31.4 Å². The number of esters is 1. The van der Waals surface area contributed by atoms with Gasteiger partial charge in [0.1, 0.15) is 5.75 Å². The molecule has 3 aliphatic carbocycles. The van der Waals surface area contributed by atoms with Crippen LogP contribution in [0.1, 0.15) is 39.8 Å². The highest BCUT2D eigenvalue weighted by molar-refractivity contribution is 6.32. The summed E-state index contributed by atoms with van der Waals surface area (Å²) >= 11 is 0. The van der Waals surface area contributed by atoms with Gasteiger partial charge in [0.05, 0.1) is 36.0 Å². The molecule has 2 unspecified atom stereocenters. The number of aromatic nitrogens is 3. The number of ether oxygens (including phenoxy) is 1. The third-order valence-corrected chi connectivity index (χ3v) is 8.14. The highest BCUT2D eigenvalue weighted by Gasteiger charge is 2.69. The van der Waals surface area contributed by atoms with Gasteiger partial charge in [0.15, 0.2) is 40.3 Å². The van der Waals surface area contributed by atoms with E-state index in [1.165, 1.54) is 42.0 Å². The van der Waals surface area contributed by atoms with Crippen LogP contribution in [0.4, 0.5) is 0 Å². The molecule has 14 heteroatoms. The Morgan fingerprint density at radius 1 is 1.20 bits per heavy atom. The average molecular weight is 554 g/mol. The number of primary amides is 1. The quantitative estimate of drug-likeness (QED) is 0.289. The van der Waals surface area contributed by atoms with E-state index < -0.39 is 76.1 Å². The second kappa shape index (κ2) is 9.41. The summed E-state index contributed by atoms with van der Waals surface area (Å²) in [6.07, 6.45) is 1.24. The molecule has 40 heavy (non-hydrogen) atoms. The molecule has 4 N–H and O–H groups in total. The van der Waals surface area contributed by atoms with Gasteiger partial charge in [-0.15, -0.1) is 5.10 Å². The van der Waals surface area contributed by atoms with Gasteiger partial charge in [-0.05, 0) is 57.5 Å². The number of Topliss-reactive ketones (excluding diaryl/α,β-unsaturated/α-hetero) is 4. The number of aliphatic hydroxyl groups is 1. The van der Waals surface area contributed by atoms with Gasteiger partial charge in [-0.25, -0.2) is 9.48 Å². The number of likely N-dealkylation sites (N-methyl/N-ethyl adjacent to an activating group) is 1. The molecule has 2 fully saturated rings. The first kappa shape index (κ1) is 27.3. The standard InChI is InChI=1S/C26H27N5O9/c1-4-40-25(38)13-9-31(29-28-13)14-5-6-15(32)17-11(14)7-10-8-12-19(30(2)3)21(34)18(24(27)37)23(36)26(12,39)22(35)16(10)20(17)33/h5-6,9-10,12,16,18-19,32,39H,4,7-8H2,1-3H3,(H2,27,37)/t10-,12-,16?,18?,19+,26-/m1/s1. The molecule has 3 aliphatic rings. The van der Waals surface area contributed by atoms with Gasteiger partial charge in [0.25, 0.3) is 0 Å². The Hall–Kier alpha value is -4.30. The van der Waals surface area contributed by atoms with E-state index in [1.54, 1.807) is 6.92 Å². The van der Waals surface area contributed by atoms with Crippen LogP contribution in [0, 0.1) is 23.7 Å². The number of amides is 1. The summed E-state index contributed by atoms with van der Waals surface area (Å²) in [5, 5.41) is 30.0. The van der Waals surface area contributed by atoms with E-state index in [4.69, 9.17) is 10.5 Å². The fourth-order valence-corrected chi connectivity index (χ4v) is 6.48. The van der Waals surface area contributed by atoms with Crippen molar-refractivity contribution in [1.29, 1.82) is 0 Å². The molecule has 2 saturated carbocycles. The number of benzene rings is 1. The fourth-order valence-electron chi connectivity index (χ4n) is 6.48. The van der Waals surface area contributed by atoms with Crippen molar-refractivity contribution in [1.82, 2.24) is 19.9 Å². The van der Waals surface area contributed by atoms with Gasteiger partial charge in [-0.2, -0.15) is 0 Å². The molecule has 0 aliphatic heterocycles. The topological polar surface area (TPSA) is 212 Å². The first-order valence-corrected chi connectivity index (χ1v) is 12.6. The number of phenolic OH excluding ortho intramolecular Hbond substituents is 1. The number of carbonyl (C=O) groups is 6. The minimum Gasteiger partial charge on any atom is -0.507 e. The van der Waals surface area contributed by atoms with Crippen LogP contribution >= 0.6 is 0 Å². The van der Waals surface area contributed by atoms with Crippen molar-refractivity contribution in [3.63, 3.8) is 0 Å². The third kappa shape index (κ3) is 3.70. The molecule has 0 saturated heterocycles. The molecule has 210 valence electrons. The van der Waals surface area contributed by atoms with Crippen molar-refractivity contribution in [3.05, 3.63) is 35.2 Å². The minimum absolute atomic E-state index is 0.0319. The largest absolute Gasteiger partial charge is 0.507 e. The molecule has 1 aromatic heterocycles. The molecule has 1 amide bonds. The zero-order chi connectivity index (χ0) is 29.3. The van der Waals surface area contributed by atoms with Crippen molar-refractivity contribution < 1.29 is 43.7 Å². The summed E-state index contributed by atoms with van der Waals surface area (Å²) < 4.78 is 6.18. The number of ketones is 4. The Balaban J connectivity index is 1.61. The van der Waals surface area contributed by atoms with Crippen LogP contribution in [0.5, 0.6) is 5.75 Å². The lowest BCUT2D eigenvalue weighted by Crippen LogP contribution is -2.74. The molecule has 1 heterocycles. The fraction of sp³-hybridized carbons (Fsp3) is 0.462. The monoisotopic (exact) mass is 553 g/mol. The zero-order valence-electron chi connectivity index (χ0n) is 21.9. The van der Waals surface area contributed by atoms with Crippen LogP contribution < -0.4 is 5.73 Å². The molecule has 5 rings (SSSR count). The van der Waals surface area contributed by atoms with Gasteiger partial charge in [0.2, 0.25) is 5.91 Å². The van der Waals surface area contributed by atoms with E-state index in [0.29, 0.717) is 11.3 Å². The molecule has 1 aromatic carbocycles. The van der Waals surface area contributed by atoms with Crippen LogP contribution in [0.25, 0.3) is 5.69 Å².